The van der Waals surface area contributed by atoms with E-state index in [0.29, 0.717) is 11.4 Å². The maximum Gasteiger partial charge on any atom is 0.339 e. The molecule has 15 heavy (non-hydrogen) atoms. The molecule has 1 rings (SSSR count). The smallest absolute Gasteiger partial charge is 0.339 e. The highest BCUT2D eigenvalue weighted by Crippen LogP contribution is 2.18. The minimum atomic E-state index is -1.01. The number of aromatic carboxylic acids is 1. The standard InChI is InChI=1S/C10H14N2O3/c1-6-5-7(2)12-9(11-3-4-13)8(6)10(14)15/h5,13H,3-4H2,1-2H3,(H,11,12)(H,14,15). The fraction of sp³-hybridized carbons (Fsp3) is 0.400. The first-order valence-electron chi connectivity index (χ1n) is 4.62. The van der Waals surface area contributed by atoms with Crippen LogP contribution in [0.1, 0.15) is 21.6 Å². The molecule has 1 heterocycles. The number of anilines is 1. The van der Waals surface area contributed by atoms with Crippen molar-refractivity contribution < 1.29 is 15.0 Å². The molecule has 0 aliphatic carbocycles. The van der Waals surface area contributed by atoms with Gasteiger partial charge in [0.1, 0.15) is 11.4 Å². The first-order chi connectivity index (χ1) is 7.06. The van der Waals surface area contributed by atoms with Gasteiger partial charge in [0, 0.05) is 12.2 Å². The Morgan fingerprint density at radius 3 is 2.73 bits per heavy atom. The predicted octanol–water partition coefficient (Wildman–Crippen LogP) is 0.801. The molecule has 0 radical (unpaired) electrons. The van der Waals surface area contributed by atoms with Gasteiger partial charge >= 0.3 is 5.97 Å². The molecular formula is C10H14N2O3. The zero-order valence-corrected chi connectivity index (χ0v) is 8.74. The summed E-state index contributed by atoms with van der Waals surface area (Å²) in [6.45, 7) is 3.74. The van der Waals surface area contributed by atoms with Crippen molar-refractivity contribution >= 4 is 11.8 Å². The molecule has 0 spiro atoms. The Kier molecular flexibility index (Phi) is 3.62. The van der Waals surface area contributed by atoms with Crippen LogP contribution in [0.5, 0.6) is 0 Å². The molecule has 0 unspecified atom stereocenters. The summed E-state index contributed by atoms with van der Waals surface area (Å²) < 4.78 is 0. The Hall–Kier alpha value is -1.62. The average molecular weight is 210 g/mol. The molecule has 1 aromatic rings. The molecule has 0 bridgehead atoms. The van der Waals surface area contributed by atoms with E-state index in [1.165, 1.54) is 0 Å². The van der Waals surface area contributed by atoms with Crippen molar-refractivity contribution in [2.75, 3.05) is 18.5 Å². The molecule has 82 valence electrons. The van der Waals surface area contributed by atoms with Gasteiger partial charge in [-0.1, -0.05) is 0 Å². The van der Waals surface area contributed by atoms with E-state index in [4.69, 9.17) is 10.2 Å². The lowest BCUT2D eigenvalue weighted by atomic mass is 10.1. The summed E-state index contributed by atoms with van der Waals surface area (Å²) in [7, 11) is 0. The van der Waals surface area contributed by atoms with Crippen LogP contribution in [0.15, 0.2) is 6.07 Å². The summed E-state index contributed by atoms with van der Waals surface area (Å²) in [6, 6.07) is 1.72. The molecule has 0 aliphatic heterocycles. The third kappa shape index (κ3) is 2.66. The molecule has 0 aromatic carbocycles. The zero-order chi connectivity index (χ0) is 11.4. The van der Waals surface area contributed by atoms with Gasteiger partial charge in [0.25, 0.3) is 0 Å². The van der Waals surface area contributed by atoms with Crippen LogP contribution in [0.3, 0.4) is 0 Å². The SMILES string of the molecule is Cc1cc(C)c(C(=O)O)c(NCCO)n1. The Morgan fingerprint density at radius 2 is 2.20 bits per heavy atom. The normalized spacial score (nSPS) is 10.1. The van der Waals surface area contributed by atoms with Gasteiger partial charge in [-0.15, -0.1) is 0 Å². The highest BCUT2D eigenvalue weighted by molar-refractivity contribution is 5.94. The summed E-state index contributed by atoms with van der Waals surface area (Å²) >= 11 is 0. The highest BCUT2D eigenvalue weighted by Gasteiger charge is 2.14. The summed E-state index contributed by atoms with van der Waals surface area (Å²) in [6.07, 6.45) is 0. The molecule has 0 fully saturated rings. The van der Waals surface area contributed by atoms with Gasteiger partial charge in [0.15, 0.2) is 0 Å². The average Bonchev–Trinajstić information content (AvgIpc) is 2.12. The van der Waals surface area contributed by atoms with Crippen LogP contribution in [0, 0.1) is 13.8 Å². The van der Waals surface area contributed by atoms with Crippen LogP contribution in [0.25, 0.3) is 0 Å². The molecule has 3 N–H and O–H groups in total. The fourth-order valence-corrected chi connectivity index (χ4v) is 1.41. The Bertz CT molecular complexity index is 377. The third-order valence-electron chi connectivity index (χ3n) is 1.96. The third-order valence-corrected chi connectivity index (χ3v) is 1.96. The number of rotatable bonds is 4. The maximum absolute atomic E-state index is 11.0. The number of carbonyl (C=O) groups is 1. The van der Waals surface area contributed by atoms with Gasteiger partial charge in [0.05, 0.1) is 6.61 Å². The van der Waals surface area contributed by atoms with Crippen molar-refractivity contribution in [1.29, 1.82) is 0 Å². The second kappa shape index (κ2) is 4.75. The number of aryl methyl sites for hydroxylation is 2. The van der Waals surface area contributed by atoms with E-state index in [1.807, 2.05) is 0 Å². The first kappa shape index (κ1) is 11.5. The van der Waals surface area contributed by atoms with Gasteiger partial charge < -0.3 is 15.5 Å². The topological polar surface area (TPSA) is 82.5 Å². The quantitative estimate of drug-likeness (QED) is 0.684. The lowest BCUT2D eigenvalue weighted by molar-refractivity contribution is 0.0696. The van der Waals surface area contributed by atoms with Crippen molar-refractivity contribution in [3.63, 3.8) is 0 Å². The van der Waals surface area contributed by atoms with Crippen LogP contribution >= 0.6 is 0 Å². The van der Waals surface area contributed by atoms with E-state index < -0.39 is 5.97 Å². The lowest BCUT2D eigenvalue weighted by Gasteiger charge is -2.10. The van der Waals surface area contributed by atoms with E-state index in [2.05, 4.69) is 10.3 Å². The number of nitrogens with one attached hydrogen (secondary N) is 1. The van der Waals surface area contributed by atoms with Crippen LogP contribution in [-0.4, -0.2) is 34.3 Å². The van der Waals surface area contributed by atoms with Crippen molar-refractivity contribution in [2.24, 2.45) is 0 Å². The number of hydrogen-bond donors (Lipinski definition) is 3. The van der Waals surface area contributed by atoms with Gasteiger partial charge in [-0.25, -0.2) is 9.78 Å². The van der Waals surface area contributed by atoms with Crippen LogP contribution in [-0.2, 0) is 0 Å². The van der Waals surface area contributed by atoms with Crippen molar-refractivity contribution in [3.05, 3.63) is 22.9 Å². The molecule has 0 saturated heterocycles. The van der Waals surface area contributed by atoms with E-state index in [0.717, 1.165) is 5.69 Å². The second-order valence-corrected chi connectivity index (χ2v) is 3.26. The van der Waals surface area contributed by atoms with Crippen LogP contribution in [0.4, 0.5) is 5.82 Å². The molecule has 0 saturated carbocycles. The lowest BCUT2D eigenvalue weighted by Crippen LogP contribution is -2.13. The second-order valence-electron chi connectivity index (χ2n) is 3.26. The summed E-state index contributed by atoms with van der Waals surface area (Å²) in [5.41, 5.74) is 1.57. The number of carboxylic acids is 1. The van der Waals surface area contributed by atoms with Gasteiger partial charge in [-0.05, 0) is 25.5 Å². The van der Waals surface area contributed by atoms with Gasteiger partial charge in [-0.2, -0.15) is 0 Å². The maximum atomic E-state index is 11.0. The van der Waals surface area contributed by atoms with Gasteiger partial charge in [0.2, 0.25) is 0 Å². The number of pyridine rings is 1. The largest absolute Gasteiger partial charge is 0.478 e. The molecular weight excluding hydrogens is 196 g/mol. The number of aliphatic hydroxyl groups is 1. The monoisotopic (exact) mass is 210 g/mol. The highest BCUT2D eigenvalue weighted by atomic mass is 16.4. The Morgan fingerprint density at radius 1 is 1.53 bits per heavy atom. The molecule has 0 amide bonds. The van der Waals surface area contributed by atoms with E-state index in [-0.39, 0.29) is 18.7 Å². The number of aliphatic hydroxyl groups excluding tert-OH is 1. The summed E-state index contributed by atoms with van der Waals surface area (Å²) in [4.78, 5) is 15.1. The number of carboxylic acid groups (broad SMARTS) is 1. The Balaban J connectivity index is 3.14. The zero-order valence-electron chi connectivity index (χ0n) is 8.74. The Labute approximate surface area is 87.8 Å². The fourth-order valence-electron chi connectivity index (χ4n) is 1.41. The van der Waals surface area contributed by atoms with E-state index in [1.54, 1.807) is 19.9 Å². The van der Waals surface area contributed by atoms with Crippen molar-refractivity contribution in [2.45, 2.75) is 13.8 Å². The summed E-state index contributed by atoms with van der Waals surface area (Å²) in [5.74, 6) is -0.700. The molecule has 0 atom stereocenters. The van der Waals surface area contributed by atoms with Gasteiger partial charge in [-0.3, -0.25) is 0 Å². The van der Waals surface area contributed by atoms with Crippen molar-refractivity contribution in [3.8, 4) is 0 Å². The molecule has 0 aliphatic rings. The van der Waals surface area contributed by atoms with Crippen LogP contribution < -0.4 is 5.32 Å². The molecule has 5 nitrogen and oxygen atoms in total. The number of hydrogen-bond acceptors (Lipinski definition) is 4. The minimum absolute atomic E-state index is 0.0618. The van der Waals surface area contributed by atoms with Crippen molar-refractivity contribution in [1.82, 2.24) is 4.98 Å². The predicted molar refractivity (Wildman–Crippen MR) is 56.2 cm³/mol. The molecule has 1 aromatic heterocycles. The summed E-state index contributed by atoms with van der Waals surface area (Å²) in [5, 5.41) is 20.4. The number of aromatic nitrogens is 1. The molecule has 5 heteroatoms. The minimum Gasteiger partial charge on any atom is -0.478 e. The number of nitrogens with zero attached hydrogens (tertiary/aromatic N) is 1. The first-order valence-corrected chi connectivity index (χ1v) is 4.62. The van der Waals surface area contributed by atoms with Crippen LogP contribution in [0.2, 0.25) is 0 Å². The van der Waals surface area contributed by atoms with E-state index in [9.17, 15) is 4.79 Å². The van der Waals surface area contributed by atoms with E-state index >= 15 is 0 Å².